The minimum Gasteiger partial charge on any atom is -0.381 e. The van der Waals surface area contributed by atoms with E-state index < -0.39 is 0 Å². The maximum atomic E-state index is 5.80. The number of hydrogen-bond donors (Lipinski definition) is 1. The highest BCUT2D eigenvalue weighted by molar-refractivity contribution is 5.31. The summed E-state index contributed by atoms with van der Waals surface area (Å²) in [6.45, 7) is 1.52. The van der Waals surface area contributed by atoms with Crippen LogP contribution in [-0.2, 0) is 4.74 Å². The number of nitrogens with zero attached hydrogens (tertiary/aromatic N) is 3. The first-order valence-electron chi connectivity index (χ1n) is 5.61. The lowest BCUT2D eigenvalue weighted by molar-refractivity contribution is 0.0706. The molecule has 1 fully saturated rings. The van der Waals surface area contributed by atoms with Gasteiger partial charge in [-0.1, -0.05) is 0 Å². The monoisotopic (exact) mass is 222 g/mol. The molecule has 0 aromatic carbocycles. The molecule has 2 unspecified atom stereocenters. The SMILES string of the molecule is COC1CCN(c2ncccn2)C(CN)C1. The third kappa shape index (κ3) is 2.31. The Bertz CT molecular complexity index is 319. The van der Waals surface area contributed by atoms with Gasteiger partial charge in [-0.15, -0.1) is 0 Å². The quantitative estimate of drug-likeness (QED) is 0.803. The molecule has 0 aliphatic carbocycles. The highest BCUT2D eigenvalue weighted by Crippen LogP contribution is 2.22. The standard InChI is InChI=1S/C11H18N4O/c1-16-10-3-6-15(9(7-10)8-12)11-13-4-2-5-14-11/h2,4-5,9-10H,3,6-8,12H2,1H3. The average molecular weight is 222 g/mol. The molecule has 16 heavy (non-hydrogen) atoms. The van der Waals surface area contributed by atoms with Crippen molar-refractivity contribution >= 4 is 5.95 Å². The number of hydrogen-bond acceptors (Lipinski definition) is 5. The van der Waals surface area contributed by atoms with Gasteiger partial charge >= 0.3 is 0 Å². The number of aromatic nitrogens is 2. The molecule has 2 atom stereocenters. The summed E-state index contributed by atoms with van der Waals surface area (Å²) in [6, 6.07) is 2.10. The van der Waals surface area contributed by atoms with Crippen molar-refractivity contribution in [2.45, 2.75) is 25.0 Å². The Hall–Kier alpha value is -1.20. The molecule has 88 valence electrons. The van der Waals surface area contributed by atoms with Crippen molar-refractivity contribution in [1.82, 2.24) is 9.97 Å². The van der Waals surface area contributed by atoms with Crippen LogP contribution in [0.15, 0.2) is 18.5 Å². The normalized spacial score (nSPS) is 25.8. The van der Waals surface area contributed by atoms with Crippen molar-refractivity contribution in [2.75, 3.05) is 25.1 Å². The average Bonchev–Trinajstić information content (AvgIpc) is 2.39. The Morgan fingerprint density at radius 2 is 2.25 bits per heavy atom. The summed E-state index contributed by atoms with van der Waals surface area (Å²) < 4.78 is 5.38. The molecule has 1 aromatic heterocycles. The van der Waals surface area contributed by atoms with Crippen LogP contribution in [0.1, 0.15) is 12.8 Å². The maximum Gasteiger partial charge on any atom is 0.225 e. The molecular weight excluding hydrogens is 204 g/mol. The van der Waals surface area contributed by atoms with Gasteiger partial charge < -0.3 is 15.4 Å². The molecule has 1 aromatic rings. The Balaban J connectivity index is 2.10. The minimum atomic E-state index is 0.279. The zero-order valence-electron chi connectivity index (χ0n) is 9.54. The van der Waals surface area contributed by atoms with Crippen molar-refractivity contribution < 1.29 is 4.74 Å². The van der Waals surface area contributed by atoms with Crippen molar-refractivity contribution in [1.29, 1.82) is 0 Å². The van der Waals surface area contributed by atoms with E-state index in [4.69, 9.17) is 10.5 Å². The fourth-order valence-electron chi connectivity index (χ4n) is 2.15. The van der Waals surface area contributed by atoms with Gasteiger partial charge in [0.05, 0.1) is 6.10 Å². The molecule has 5 heteroatoms. The van der Waals surface area contributed by atoms with Gasteiger partial charge in [-0.25, -0.2) is 9.97 Å². The summed E-state index contributed by atoms with van der Waals surface area (Å²) in [4.78, 5) is 10.7. The Labute approximate surface area is 95.6 Å². The second-order valence-corrected chi connectivity index (χ2v) is 4.01. The number of rotatable bonds is 3. The van der Waals surface area contributed by atoms with Crippen LogP contribution < -0.4 is 10.6 Å². The molecule has 0 bridgehead atoms. The Kier molecular flexibility index (Phi) is 3.69. The predicted molar refractivity (Wildman–Crippen MR) is 62.3 cm³/mol. The van der Waals surface area contributed by atoms with Crippen molar-refractivity contribution in [2.24, 2.45) is 5.73 Å². The molecule has 0 radical (unpaired) electrons. The summed E-state index contributed by atoms with van der Waals surface area (Å²) >= 11 is 0. The number of piperidine rings is 1. The topological polar surface area (TPSA) is 64.3 Å². The molecular formula is C11H18N4O. The van der Waals surface area contributed by atoms with E-state index in [-0.39, 0.29) is 6.04 Å². The number of methoxy groups -OCH3 is 1. The lowest BCUT2D eigenvalue weighted by atomic mass is 10.00. The van der Waals surface area contributed by atoms with Crippen LogP contribution in [0.5, 0.6) is 0 Å². The number of nitrogens with two attached hydrogens (primary N) is 1. The molecule has 0 spiro atoms. The molecule has 1 aliphatic rings. The summed E-state index contributed by atoms with van der Waals surface area (Å²) in [6.07, 6.45) is 5.79. The smallest absolute Gasteiger partial charge is 0.225 e. The minimum absolute atomic E-state index is 0.279. The van der Waals surface area contributed by atoms with Gasteiger partial charge in [-0.3, -0.25) is 0 Å². The first kappa shape index (κ1) is 11.3. The molecule has 2 N–H and O–H groups in total. The second-order valence-electron chi connectivity index (χ2n) is 4.01. The third-order valence-electron chi connectivity index (χ3n) is 3.08. The van der Waals surface area contributed by atoms with Crippen molar-refractivity contribution in [3.63, 3.8) is 0 Å². The highest BCUT2D eigenvalue weighted by Gasteiger charge is 2.28. The Morgan fingerprint density at radius 3 is 2.88 bits per heavy atom. The fourth-order valence-corrected chi connectivity index (χ4v) is 2.15. The molecule has 1 saturated heterocycles. The zero-order chi connectivity index (χ0) is 11.4. The largest absolute Gasteiger partial charge is 0.381 e. The van der Waals surface area contributed by atoms with E-state index in [9.17, 15) is 0 Å². The third-order valence-corrected chi connectivity index (χ3v) is 3.08. The van der Waals surface area contributed by atoms with Gasteiger partial charge in [0.25, 0.3) is 0 Å². The van der Waals surface area contributed by atoms with E-state index in [1.807, 2.05) is 6.07 Å². The van der Waals surface area contributed by atoms with Gasteiger partial charge in [-0.05, 0) is 18.9 Å². The molecule has 0 amide bonds. The van der Waals surface area contributed by atoms with Gasteiger partial charge in [0.15, 0.2) is 0 Å². The van der Waals surface area contributed by atoms with Crippen LogP contribution >= 0.6 is 0 Å². The second kappa shape index (κ2) is 5.23. The predicted octanol–water partition coefficient (Wildman–Crippen LogP) is 0.419. The van der Waals surface area contributed by atoms with E-state index in [2.05, 4.69) is 14.9 Å². The van der Waals surface area contributed by atoms with E-state index in [1.54, 1.807) is 19.5 Å². The van der Waals surface area contributed by atoms with Crippen LogP contribution in [0.4, 0.5) is 5.95 Å². The first-order valence-corrected chi connectivity index (χ1v) is 5.61. The zero-order valence-corrected chi connectivity index (χ0v) is 9.54. The lowest BCUT2D eigenvalue weighted by Gasteiger charge is -2.38. The van der Waals surface area contributed by atoms with Gasteiger partial charge in [0, 0.05) is 38.6 Å². The summed E-state index contributed by atoms with van der Waals surface area (Å²) in [5.74, 6) is 0.771. The first-order chi connectivity index (χ1) is 7.85. The van der Waals surface area contributed by atoms with Crippen LogP contribution in [0, 0.1) is 0 Å². The summed E-state index contributed by atoms with van der Waals surface area (Å²) in [5.41, 5.74) is 5.80. The maximum absolute atomic E-state index is 5.80. The summed E-state index contributed by atoms with van der Waals surface area (Å²) in [7, 11) is 1.76. The molecule has 2 heterocycles. The fraction of sp³-hybridized carbons (Fsp3) is 0.636. The molecule has 2 rings (SSSR count). The van der Waals surface area contributed by atoms with Crippen molar-refractivity contribution in [3.05, 3.63) is 18.5 Å². The number of anilines is 1. The number of ether oxygens (including phenoxy) is 1. The lowest BCUT2D eigenvalue weighted by Crippen LogP contribution is -2.49. The van der Waals surface area contributed by atoms with Gasteiger partial charge in [0.2, 0.25) is 5.95 Å². The van der Waals surface area contributed by atoms with Gasteiger partial charge in [-0.2, -0.15) is 0 Å². The molecule has 5 nitrogen and oxygen atoms in total. The highest BCUT2D eigenvalue weighted by atomic mass is 16.5. The van der Waals surface area contributed by atoms with E-state index in [1.165, 1.54) is 0 Å². The van der Waals surface area contributed by atoms with Crippen LogP contribution in [-0.4, -0.2) is 42.3 Å². The van der Waals surface area contributed by atoms with Crippen molar-refractivity contribution in [3.8, 4) is 0 Å². The van der Waals surface area contributed by atoms with E-state index in [0.717, 1.165) is 25.3 Å². The van der Waals surface area contributed by atoms with Gasteiger partial charge in [0.1, 0.15) is 0 Å². The van der Waals surface area contributed by atoms with Crippen LogP contribution in [0.2, 0.25) is 0 Å². The molecule has 1 aliphatic heterocycles. The van der Waals surface area contributed by atoms with E-state index >= 15 is 0 Å². The molecule has 0 saturated carbocycles. The summed E-state index contributed by atoms with van der Waals surface area (Å²) in [5, 5.41) is 0. The Morgan fingerprint density at radius 1 is 1.50 bits per heavy atom. The van der Waals surface area contributed by atoms with Crippen LogP contribution in [0.3, 0.4) is 0 Å². The van der Waals surface area contributed by atoms with E-state index in [0.29, 0.717) is 12.6 Å². The van der Waals surface area contributed by atoms with Crippen LogP contribution in [0.25, 0.3) is 0 Å².